The first-order chi connectivity index (χ1) is 8.58. The van der Waals surface area contributed by atoms with Crippen LogP contribution >= 0.6 is 0 Å². The molecule has 1 aromatic rings. The molecule has 5 nitrogen and oxygen atoms in total. The fraction of sp³-hybridized carbons (Fsp3) is 0.385. The number of hydrogen-bond acceptors (Lipinski definition) is 4. The molecule has 2 amide bonds. The Kier molecular flexibility index (Phi) is 3.62. The second kappa shape index (κ2) is 5.18. The zero-order chi connectivity index (χ0) is 13.1. The van der Waals surface area contributed by atoms with Crippen LogP contribution in [0, 0.1) is 5.92 Å². The van der Waals surface area contributed by atoms with Gasteiger partial charge in [0.25, 0.3) is 0 Å². The predicted octanol–water partition coefficient (Wildman–Crippen LogP) is 1.18. The number of carbonyl (C=O) groups is 2. The summed E-state index contributed by atoms with van der Waals surface area (Å²) < 4.78 is 5.03. The molecule has 1 heterocycles. The quantitative estimate of drug-likeness (QED) is 0.815. The number of nitrogens with zero attached hydrogens (tertiary/aromatic N) is 1. The summed E-state index contributed by atoms with van der Waals surface area (Å²) in [6.45, 7) is 2.57. The normalized spacial score (nSPS) is 14.9. The van der Waals surface area contributed by atoms with E-state index in [1.807, 2.05) is 0 Å². The van der Waals surface area contributed by atoms with E-state index in [1.54, 1.807) is 24.3 Å². The topological polar surface area (TPSA) is 72.6 Å². The Labute approximate surface area is 106 Å². The monoisotopic (exact) mass is 248 g/mol. The molecule has 0 bridgehead atoms. The average molecular weight is 248 g/mol. The molecular weight excluding hydrogens is 232 g/mol. The van der Waals surface area contributed by atoms with Crippen molar-refractivity contribution in [3.8, 4) is 0 Å². The number of imide groups is 1. The van der Waals surface area contributed by atoms with Gasteiger partial charge in [-0.15, -0.1) is 0 Å². The maximum absolute atomic E-state index is 12.1. The third kappa shape index (κ3) is 2.68. The van der Waals surface area contributed by atoms with E-state index in [9.17, 15) is 9.59 Å². The number of hydrogen-bond donors (Lipinski definition) is 1. The van der Waals surface area contributed by atoms with Crippen LogP contribution in [0.3, 0.4) is 0 Å². The molecular formula is C13H16N2O3. The van der Waals surface area contributed by atoms with Crippen LogP contribution in [0.15, 0.2) is 24.3 Å². The zero-order valence-corrected chi connectivity index (χ0v) is 10.3. The van der Waals surface area contributed by atoms with Gasteiger partial charge >= 0.3 is 0 Å². The average Bonchev–Trinajstić information content (AvgIpc) is 2.26. The number of ether oxygens (including phenoxy) is 1. The summed E-state index contributed by atoms with van der Waals surface area (Å²) in [5.41, 5.74) is 6.74. The van der Waals surface area contributed by atoms with Crippen LogP contribution in [0.4, 0.5) is 11.4 Å². The van der Waals surface area contributed by atoms with Crippen LogP contribution in [0.25, 0.3) is 0 Å². The van der Waals surface area contributed by atoms with Crippen LogP contribution in [0.1, 0.15) is 13.3 Å². The highest BCUT2D eigenvalue weighted by molar-refractivity contribution is 6.14. The maximum atomic E-state index is 12.1. The van der Waals surface area contributed by atoms with E-state index in [4.69, 9.17) is 10.5 Å². The van der Waals surface area contributed by atoms with Crippen LogP contribution in [-0.2, 0) is 14.3 Å². The van der Waals surface area contributed by atoms with Crippen molar-refractivity contribution in [2.45, 2.75) is 13.3 Å². The van der Waals surface area contributed by atoms with Gasteiger partial charge in [0, 0.05) is 24.9 Å². The van der Waals surface area contributed by atoms with Crippen LogP contribution in [0.2, 0.25) is 0 Å². The molecule has 0 unspecified atom stereocenters. The third-order valence-corrected chi connectivity index (χ3v) is 2.89. The molecule has 0 radical (unpaired) electrons. The van der Waals surface area contributed by atoms with Crippen LogP contribution in [-0.4, -0.2) is 25.0 Å². The Balaban J connectivity index is 2.14. The number of amides is 2. The van der Waals surface area contributed by atoms with Gasteiger partial charge in [0.15, 0.2) is 0 Å². The van der Waals surface area contributed by atoms with Crippen molar-refractivity contribution in [1.82, 2.24) is 0 Å². The molecule has 2 rings (SSSR count). The summed E-state index contributed by atoms with van der Waals surface area (Å²) in [6, 6.07) is 6.69. The number of carbonyl (C=O) groups excluding carboxylic acids is 2. The summed E-state index contributed by atoms with van der Waals surface area (Å²) in [5, 5.41) is 0. The molecule has 2 N–H and O–H groups in total. The lowest BCUT2D eigenvalue weighted by Crippen LogP contribution is -2.39. The molecule has 0 aliphatic carbocycles. The van der Waals surface area contributed by atoms with Crippen LogP contribution < -0.4 is 10.6 Å². The number of rotatable bonds is 3. The first-order valence-corrected chi connectivity index (χ1v) is 5.84. The van der Waals surface area contributed by atoms with Gasteiger partial charge in [0.1, 0.15) is 0 Å². The van der Waals surface area contributed by atoms with Crippen molar-refractivity contribution in [2.75, 3.05) is 23.8 Å². The smallest absolute Gasteiger partial charge is 0.234 e. The van der Waals surface area contributed by atoms with Crippen LogP contribution in [0.5, 0.6) is 0 Å². The minimum Gasteiger partial charge on any atom is -0.399 e. The molecule has 0 atom stereocenters. The van der Waals surface area contributed by atoms with Crippen molar-refractivity contribution < 1.29 is 14.3 Å². The highest BCUT2D eigenvalue weighted by Gasteiger charge is 2.27. The summed E-state index contributed by atoms with van der Waals surface area (Å²) in [4.78, 5) is 24.9. The SMILES string of the molecule is CC(=O)N(C(=O)CC1COC1)c1ccc(N)cc1. The van der Waals surface area contributed by atoms with Crippen molar-refractivity contribution in [3.05, 3.63) is 24.3 Å². The predicted molar refractivity (Wildman–Crippen MR) is 67.9 cm³/mol. The lowest BCUT2D eigenvalue weighted by atomic mass is 10.0. The lowest BCUT2D eigenvalue weighted by molar-refractivity contribution is -0.128. The second-order valence-electron chi connectivity index (χ2n) is 4.45. The second-order valence-corrected chi connectivity index (χ2v) is 4.45. The first-order valence-electron chi connectivity index (χ1n) is 5.84. The minimum atomic E-state index is -0.287. The highest BCUT2D eigenvalue weighted by Crippen LogP contribution is 2.21. The molecule has 96 valence electrons. The first kappa shape index (κ1) is 12.6. The summed E-state index contributed by atoms with van der Waals surface area (Å²) in [6.07, 6.45) is 0.337. The molecule has 1 aliphatic heterocycles. The van der Waals surface area contributed by atoms with Gasteiger partial charge < -0.3 is 10.5 Å². The van der Waals surface area contributed by atoms with E-state index in [0.29, 0.717) is 31.0 Å². The number of nitrogen functional groups attached to an aromatic ring is 1. The highest BCUT2D eigenvalue weighted by atomic mass is 16.5. The summed E-state index contributed by atoms with van der Waals surface area (Å²) in [5.74, 6) is -0.251. The van der Waals surface area contributed by atoms with E-state index in [1.165, 1.54) is 11.8 Å². The fourth-order valence-corrected chi connectivity index (χ4v) is 1.87. The Morgan fingerprint density at radius 1 is 1.33 bits per heavy atom. The van der Waals surface area contributed by atoms with E-state index in [2.05, 4.69) is 0 Å². The van der Waals surface area contributed by atoms with Crippen molar-refractivity contribution in [1.29, 1.82) is 0 Å². The van der Waals surface area contributed by atoms with E-state index < -0.39 is 0 Å². The van der Waals surface area contributed by atoms with Gasteiger partial charge in [-0.1, -0.05) is 0 Å². The van der Waals surface area contributed by atoms with E-state index >= 15 is 0 Å². The largest absolute Gasteiger partial charge is 0.399 e. The molecule has 1 aromatic carbocycles. The Hall–Kier alpha value is -1.88. The van der Waals surface area contributed by atoms with Gasteiger partial charge in [0.05, 0.1) is 18.9 Å². The fourth-order valence-electron chi connectivity index (χ4n) is 1.87. The molecule has 5 heteroatoms. The minimum absolute atomic E-state index is 0.194. The molecule has 0 aromatic heterocycles. The standard InChI is InChI=1S/C13H16N2O3/c1-9(16)15(12-4-2-11(14)3-5-12)13(17)6-10-7-18-8-10/h2-5,10H,6-8,14H2,1H3. The van der Waals surface area contributed by atoms with Gasteiger partial charge in [-0.2, -0.15) is 0 Å². The molecule has 18 heavy (non-hydrogen) atoms. The number of anilines is 2. The lowest BCUT2D eigenvalue weighted by Gasteiger charge is -2.28. The third-order valence-electron chi connectivity index (χ3n) is 2.89. The Morgan fingerprint density at radius 3 is 2.39 bits per heavy atom. The number of nitrogens with two attached hydrogens (primary N) is 1. The van der Waals surface area contributed by atoms with E-state index in [0.717, 1.165) is 0 Å². The Morgan fingerprint density at radius 2 is 1.94 bits per heavy atom. The summed E-state index contributed by atoms with van der Waals surface area (Å²) >= 11 is 0. The maximum Gasteiger partial charge on any atom is 0.234 e. The van der Waals surface area contributed by atoms with Gasteiger partial charge in [-0.25, -0.2) is 0 Å². The van der Waals surface area contributed by atoms with E-state index in [-0.39, 0.29) is 17.7 Å². The zero-order valence-electron chi connectivity index (χ0n) is 10.3. The van der Waals surface area contributed by atoms with Crippen molar-refractivity contribution in [3.63, 3.8) is 0 Å². The summed E-state index contributed by atoms with van der Waals surface area (Å²) in [7, 11) is 0. The molecule has 1 saturated heterocycles. The van der Waals surface area contributed by atoms with Gasteiger partial charge in [-0.05, 0) is 24.3 Å². The van der Waals surface area contributed by atoms with Gasteiger partial charge in [0.2, 0.25) is 11.8 Å². The molecule has 1 aliphatic rings. The van der Waals surface area contributed by atoms with Crippen molar-refractivity contribution >= 4 is 23.2 Å². The Bertz CT molecular complexity index is 452. The molecule has 0 saturated carbocycles. The number of benzene rings is 1. The van der Waals surface area contributed by atoms with Gasteiger partial charge in [-0.3, -0.25) is 14.5 Å². The molecule has 0 spiro atoms. The molecule has 1 fully saturated rings. The van der Waals surface area contributed by atoms with Crippen molar-refractivity contribution in [2.24, 2.45) is 5.92 Å².